The third-order valence-electron chi connectivity index (χ3n) is 4.54. The summed E-state index contributed by atoms with van der Waals surface area (Å²) in [4.78, 5) is 33.1. The van der Waals surface area contributed by atoms with Crippen LogP contribution in [0.15, 0.2) is 60.0 Å². The van der Waals surface area contributed by atoms with Gasteiger partial charge < -0.3 is 15.6 Å². The number of hydrogen-bond acceptors (Lipinski definition) is 4. The average molecular weight is 439 g/mol. The number of rotatable bonds is 7. The zero-order chi connectivity index (χ0) is 20.9. The van der Waals surface area contributed by atoms with E-state index in [-0.39, 0.29) is 11.8 Å². The lowest BCUT2D eigenvalue weighted by Crippen LogP contribution is -2.25. The van der Waals surface area contributed by atoms with Crippen molar-refractivity contribution in [3.8, 4) is 0 Å². The van der Waals surface area contributed by atoms with Crippen molar-refractivity contribution in [2.45, 2.75) is 12.8 Å². The fourth-order valence-electron chi connectivity index (χ4n) is 3.04. The molecule has 6 nitrogen and oxygen atoms in total. The second kappa shape index (κ2) is 9.11. The molecule has 0 atom stereocenters. The van der Waals surface area contributed by atoms with Crippen LogP contribution in [0.25, 0.3) is 11.0 Å². The molecular formula is C22H19ClN4O2S. The van der Waals surface area contributed by atoms with E-state index in [4.69, 9.17) is 11.6 Å². The Morgan fingerprint density at radius 1 is 1.07 bits per heavy atom. The maximum atomic E-state index is 12.5. The number of carbonyl (C=O) groups is 2. The van der Waals surface area contributed by atoms with E-state index >= 15 is 0 Å². The fourth-order valence-corrected chi connectivity index (χ4v) is 3.82. The van der Waals surface area contributed by atoms with Crippen LogP contribution in [0.2, 0.25) is 5.02 Å². The van der Waals surface area contributed by atoms with Crippen molar-refractivity contribution in [1.29, 1.82) is 0 Å². The van der Waals surface area contributed by atoms with Crippen LogP contribution in [0, 0.1) is 0 Å². The third kappa shape index (κ3) is 4.69. The zero-order valence-corrected chi connectivity index (χ0v) is 17.5. The van der Waals surface area contributed by atoms with Crippen LogP contribution < -0.4 is 10.6 Å². The van der Waals surface area contributed by atoms with Crippen LogP contribution in [0.3, 0.4) is 0 Å². The number of nitrogens with zero attached hydrogens (tertiary/aromatic N) is 1. The maximum Gasteiger partial charge on any atom is 0.265 e. The van der Waals surface area contributed by atoms with Crippen LogP contribution >= 0.6 is 22.9 Å². The van der Waals surface area contributed by atoms with E-state index in [0.717, 1.165) is 29.7 Å². The first kappa shape index (κ1) is 20.1. The third-order valence-corrected chi connectivity index (χ3v) is 5.73. The van der Waals surface area contributed by atoms with E-state index in [1.165, 1.54) is 11.3 Å². The summed E-state index contributed by atoms with van der Waals surface area (Å²) >= 11 is 7.52. The summed E-state index contributed by atoms with van der Waals surface area (Å²) in [5, 5.41) is 7.85. The normalized spacial score (nSPS) is 10.8. The first-order chi connectivity index (χ1) is 14.6. The predicted octanol–water partition coefficient (Wildman–Crippen LogP) is 4.89. The number of benzene rings is 2. The molecule has 0 saturated carbocycles. The highest BCUT2D eigenvalue weighted by atomic mass is 35.5. The van der Waals surface area contributed by atoms with E-state index in [1.807, 2.05) is 29.6 Å². The van der Waals surface area contributed by atoms with Crippen LogP contribution in [-0.2, 0) is 6.42 Å². The van der Waals surface area contributed by atoms with Gasteiger partial charge >= 0.3 is 0 Å². The molecule has 0 fully saturated rings. The van der Waals surface area contributed by atoms with Crippen molar-refractivity contribution in [2.75, 3.05) is 11.9 Å². The molecule has 4 aromatic rings. The van der Waals surface area contributed by atoms with E-state index in [9.17, 15) is 9.59 Å². The number of aryl methyl sites for hydroxylation is 1. The number of halogens is 1. The number of nitrogens with one attached hydrogen (secondary N) is 3. The molecule has 4 rings (SSSR count). The van der Waals surface area contributed by atoms with Crippen molar-refractivity contribution >= 4 is 51.5 Å². The number of H-pyrrole nitrogens is 1. The number of aromatic nitrogens is 2. The first-order valence-corrected chi connectivity index (χ1v) is 10.7. The molecule has 3 N–H and O–H groups in total. The van der Waals surface area contributed by atoms with Crippen LogP contribution in [-0.4, -0.2) is 28.3 Å². The molecule has 0 aliphatic rings. The zero-order valence-electron chi connectivity index (χ0n) is 15.9. The molecular weight excluding hydrogens is 420 g/mol. The molecule has 0 aliphatic carbocycles. The SMILES string of the molecule is O=C(NCCCc1nc2ccccc2[nH]1)c1ccc(Cl)c(NC(=O)c2cccs2)c1. The number of imidazole rings is 1. The predicted molar refractivity (Wildman–Crippen MR) is 120 cm³/mol. The van der Waals surface area contributed by atoms with Crippen molar-refractivity contribution in [3.63, 3.8) is 0 Å². The fraction of sp³-hybridized carbons (Fsp3) is 0.136. The van der Waals surface area contributed by atoms with Gasteiger partial charge in [0.1, 0.15) is 5.82 Å². The molecule has 0 aliphatic heterocycles. The van der Waals surface area contributed by atoms with Gasteiger partial charge in [-0.05, 0) is 48.2 Å². The number of amides is 2. The highest BCUT2D eigenvalue weighted by Gasteiger charge is 2.13. The van der Waals surface area contributed by atoms with E-state index < -0.39 is 0 Å². The van der Waals surface area contributed by atoms with Crippen LogP contribution in [0.5, 0.6) is 0 Å². The Kier molecular flexibility index (Phi) is 6.11. The van der Waals surface area contributed by atoms with E-state index in [0.29, 0.717) is 27.7 Å². The van der Waals surface area contributed by atoms with Crippen LogP contribution in [0.4, 0.5) is 5.69 Å². The molecule has 0 radical (unpaired) electrons. The number of thiophene rings is 1. The molecule has 2 heterocycles. The lowest BCUT2D eigenvalue weighted by atomic mass is 10.1. The number of fused-ring (bicyclic) bond motifs is 1. The van der Waals surface area contributed by atoms with Crippen molar-refractivity contribution < 1.29 is 9.59 Å². The molecule has 0 unspecified atom stereocenters. The van der Waals surface area contributed by atoms with E-state index in [2.05, 4.69) is 20.6 Å². The molecule has 2 aromatic carbocycles. The van der Waals surface area contributed by atoms with Crippen LogP contribution in [0.1, 0.15) is 32.3 Å². The number of para-hydroxylation sites is 2. The first-order valence-electron chi connectivity index (χ1n) is 9.46. The molecule has 2 amide bonds. The monoisotopic (exact) mass is 438 g/mol. The summed E-state index contributed by atoms with van der Waals surface area (Å²) in [6.45, 7) is 0.509. The summed E-state index contributed by atoms with van der Waals surface area (Å²) in [7, 11) is 0. The minimum absolute atomic E-state index is 0.220. The Bertz CT molecular complexity index is 1150. The Hall–Kier alpha value is -3.16. The molecule has 0 saturated heterocycles. The Labute approximate surface area is 182 Å². The topological polar surface area (TPSA) is 86.9 Å². The lowest BCUT2D eigenvalue weighted by molar-refractivity contribution is 0.0951. The van der Waals surface area contributed by atoms with Gasteiger partial charge in [0.2, 0.25) is 0 Å². The van der Waals surface area contributed by atoms with Gasteiger partial charge in [0.25, 0.3) is 11.8 Å². The van der Waals surface area contributed by atoms with Gasteiger partial charge in [-0.2, -0.15) is 0 Å². The van der Waals surface area contributed by atoms with Crippen molar-refractivity contribution in [3.05, 3.63) is 81.3 Å². The lowest BCUT2D eigenvalue weighted by Gasteiger charge is -2.09. The number of anilines is 1. The summed E-state index contributed by atoms with van der Waals surface area (Å²) < 4.78 is 0. The minimum Gasteiger partial charge on any atom is -0.352 e. The quantitative estimate of drug-likeness (QED) is 0.359. The summed E-state index contributed by atoms with van der Waals surface area (Å²) in [6.07, 6.45) is 1.48. The minimum atomic E-state index is -0.254. The second-order valence-electron chi connectivity index (χ2n) is 6.69. The smallest absolute Gasteiger partial charge is 0.265 e. The Balaban J connectivity index is 1.32. The van der Waals surface area contributed by atoms with Gasteiger partial charge in [-0.3, -0.25) is 9.59 Å². The molecule has 8 heteroatoms. The molecule has 0 bridgehead atoms. The molecule has 30 heavy (non-hydrogen) atoms. The molecule has 2 aromatic heterocycles. The van der Waals surface area contributed by atoms with Gasteiger partial charge in [-0.15, -0.1) is 11.3 Å². The Morgan fingerprint density at radius 3 is 2.73 bits per heavy atom. The van der Waals surface area contributed by atoms with Crippen molar-refractivity contribution in [2.24, 2.45) is 0 Å². The summed E-state index contributed by atoms with van der Waals surface area (Å²) in [6, 6.07) is 16.2. The van der Waals surface area contributed by atoms with Gasteiger partial charge in [0, 0.05) is 18.5 Å². The number of carbonyl (C=O) groups excluding carboxylic acids is 2. The van der Waals surface area contributed by atoms with E-state index in [1.54, 1.807) is 30.3 Å². The second-order valence-corrected chi connectivity index (χ2v) is 8.04. The molecule has 0 spiro atoms. The summed E-state index contributed by atoms with van der Waals surface area (Å²) in [5.74, 6) is 0.425. The number of aromatic amines is 1. The molecule has 152 valence electrons. The Morgan fingerprint density at radius 2 is 1.93 bits per heavy atom. The van der Waals surface area contributed by atoms with Gasteiger partial charge in [0.15, 0.2) is 0 Å². The largest absolute Gasteiger partial charge is 0.352 e. The van der Waals surface area contributed by atoms with Gasteiger partial charge in [0.05, 0.1) is 26.6 Å². The van der Waals surface area contributed by atoms with Gasteiger partial charge in [-0.1, -0.05) is 29.8 Å². The highest BCUT2D eigenvalue weighted by Crippen LogP contribution is 2.24. The highest BCUT2D eigenvalue weighted by molar-refractivity contribution is 7.12. The average Bonchev–Trinajstić information content (AvgIpc) is 3.42. The maximum absolute atomic E-state index is 12.5. The van der Waals surface area contributed by atoms with Crippen molar-refractivity contribution in [1.82, 2.24) is 15.3 Å². The summed E-state index contributed by atoms with van der Waals surface area (Å²) in [5.41, 5.74) is 2.79. The van der Waals surface area contributed by atoms with Gasteiger partial charge in [-0.25, -0.2) is 4.98 Å². The number of hydrogen-bond donors (Lipinski definition) is 3. The standard InChI is InChI=1S/C22H19ClN4O2S/c23-15-10-9-14(13-18(15)27-22(29)19-7-4-12-30-19)21(28)24-11-3-8-20-25-16-5-1-2-6-17(16)26-20/h1-2,4-7,9-10,12-13H,3,8,11H2,(H,24,28)(H,25,26)(H,27,29).